The van der Waals surface area contributed by atoms with Crippen LogP contribution in [0.1, 0.15) is 25.7 Å². The molecule has 0 aromatic rings. The molecule has 1 aliphatic carbocycles. The van der Waals surface area contributed by atoms with Crippen LogP contribution in [0, 0.1) is 9.48 Å². The lowest BCUT2D eigenvalue weighted by molar-refractivity contribution is -0.141. The summed E-state index contributed by atoms with van der Waals surface area (Å²) in [5.74, 6) is -3.03. The minimum absolute atomic E-state index is 0.0672. The van der Waals surface area contributed by atoms with E-state index in [1.807, 2.05) is 0 Å². The molecule has 0 amide bonds. The van der Waals surface area contributed by atoms with Gasteiger partial charge in [0.2, 0.25) is 5.92 Å². The first-order chi connectivity index (χ1) is 7.00. The largest absolute Gasteiger partial charge is 0.468 e. The van der Waals surface area contributed by atoms with Gasteiger partial charge in [-0.15, -0.1) is 0 Å². The second kappa shape index (κ2) is 5.27. The molecule has 0 aromatic carbocycles. The van der Waals surface area contributed by atoms with E-state index in [0.717, 1.165) is 0 Å². The Labute approximate surface area is 97.5 Å². The summed E-state index contributed by atoms with van der Waals surface area (Å²) in [6.07, 6.45) is 0.362. The van der Waals surface area contributed by atoms with Crippen LogP contribution < -0.4 is 0 Å². The molecule has 0 radical (unpaired) electrons. The molecule has 1 atom stereocenters. The third-order valence-corrected chi connectivity index (χ3v) is 4.92. The fourth-order valence-electron chi connectivity index (χ4n) is 1.79. The molecule has 6 heteroatoms. The van der Waals surface area contributed by atoms with E-state index in [-0.39, 0.29) is 18.8 Å². The number of halogens is 3. The molecule has 0 aromatic heterocycles. The van der Waals surface area contributed by atoms with Gasteiger partial charge in [0.05, 0.1) is 7.11 Å². The highest BCUT2D eigenvalue weighted by molar-refractivity contribution is 14.1. The van der Waals surface area contributed by atoms with Gasteiger partial charge >= 0.3 is 5.97 Å². The van der Waals surface area contributed by atoms with Gasteiger partial charge in [0.1, 0.15) is 3.92 Å². The van der Waals surface area contributed by atoms with Gasteiger partial charge in [0, 0.05) is 12.8 Å². The van der Waals surface area contributed by atoms with Gasteiger partial charge in [-0.3, -0.25) is 8.36 Å². The zero-order chi connectivity index (χ0) is 11.5. The fourth-order valence-corrected chi connectivity index (χ4v) is 3.53. The normalized spacial score (nSPS) is 23.4. The number of methoxy groups -OCH3 is 1. The highest BCUT2D eigenvalue weighted by Gasteiger charge is 2.39. The molecule has 88 valence electrons. The number of alkyl halides is 3. The van der Waals surface area contributed by atoms with Crippen molar-refractivity contribution >= 4 is 27.0 Å². The lowest BCUT2D eigenvalue weighted by Gasteiger charge is -2.30. The maximum Gasteiger partial charge on any atom is 0.319 e. The Morgan fingerprint density at radius 2 is 2.07 bits per heavy atom. The molecule has 0 saturated heterocycles. The maximum absolute atomic E-state index is 12.9. The number of rotatable bonds is 3. The molecular formula is C9H14F2INO2. The quantitative estimate of drug-likeness (QED) is 0.490. The zero-order valence-electron chi connectivity index (χ0n) is 8.43. The highest BCUT2D eigenvalue weighted by atomic mass is 127. The molecule has 15 heavy (non-hydrogen) atoms. The van der Waals surface area contributed by atoms with Crippen LogP contribution in [0.4, 0.5) is 8.78 Å². The van der Waals surface area contributed by atoms with Gasteiger partial charge in [-0.05, 0) is 39.8 Å². The van der Waals surface area contributed by atoms with Crippen molar-refractivity contribution in [1.82, 2.24) is 0 Å². The van der Waals surface area contributed by atoms with Crippen molar-refractivity contribution in [2.75, 3.05) is 7.11 Å². The molecule has 1 fully saturated rings. The monoisotopic (exact) mass is 333 g/mol. The molecule has 1 aliphatic rings. The average Bonchev–Trinajstić information content (AvgIpc) is 2.21. The van der Waals surface area contributed by atoms with Crippen LogP contribution in [-0.2, 0) is 9.53 Å². The Kier molecular flexibility index (Phi) is 4.54. The third-order valence-electron chi connectivity index (χ3n) is 2.72. The van der Waals surface area contributed by atoms with E-state index >= 15 is 0 Å². The van der Waals surface area contributed by atoms with E-state index in [1.165, 1.54) is 7.11 Å². The minimum atomic E-state index is -2.57. The van der Waals surface area contributed by atoms with Crippen LogP contribution in [-0.4, -0.2) is 22.9 Å². The second-order valence-electron chi connectivity index (χ2n) is 3.73. The number of carbonyl (C=O) groups is 1. The highest BCUT2D eigenvalue weighted by Crippen LogP contribution is 2.40. The van der Waals surface area contributed by atoms with Crippen molar-refractivity contribution in [2.24, 2.45) is 5.92 Å². The van der Waals surface area contributed by atoms with E-state index in [0.29, 0.717) is 12.8 Å². The van der Waals surface area contributed by atoms with Crippen molar-refractivity contribution in [3.8, 4) is 0 Å². The van der Waals surface area contributed by atoms with Gasteiger partial charge in [0.25, 0.3) is 0 Å². The molecule has 1 saturated carbocycles. The van der Waals surface area contributed by atoms with E-state index in [1.54, 1.807) is 0 Å². The predicted octanol–water partition coefficient (Wildman–Crippen LogP) is 3.09. The molecule has 0 heterocycles. The maximum atomic E-state index is 12.9. The number of carbonyl (C=O) groups excluding carboxylic acids is 1. The molecule has 1 unspecified atom stereocenters. The predicted molar refractivity (Wildman–Crippen MR) is 59.4 cm³/mol. The summed E-state index contributed by atoms with van der Waals surface area (Å²) in [5, 5.41) is 0. The number of hydrogen-bond donors (Lipinski definition) is 1. The number of hydrogen-bond acceptors (Lipinski definition) is 3. The van der Waals surface area contributed by atoms with E-state index in [9.17, 15) is 13.6 Å². The summed E-state index contributed by atoms with van der Waals surface area (Å²) >= 11 is -1.03. The summed E-state index contributed by atoms with van der Waals surface area (Å²) in [4.78, 5) is 11.3. The average molecular weight is 333 g/mol. The topological polar surface area (TPSA) is 50.2 Å². The summed E-state index contributed by atoms with van der Waals surface area (Å²) in [5.41, 5.74) is 0. The first-order valence-corrected chi connectivity index (χ1v) is 7.07. The van der Waals surface area contributed by atoms with Crippen molar-refractivity contribution in [2.45, 2.75) is 35.5 Å². The molecule has 3 nitrogen and oxygen atoms in total. The Bertz CT molecular complexity index is 250. The smallest absolute Gasteiger partial charge is 0.319 e. The number of ether oxygens (including phenoxy) is 1. The lowest BCUT2D eigenvalue weighted by atomic mass is 9.85. The Morgan fingerprint density at radius 3 is 2.47 bits per heavy atom. The van der Waals surface area contributed by atoms with Gasteiger partial charge in [-0.25, -0.2) is 8.78 Å². The fraction of sp³-hybridized carbons (Fsp3) is 0.889. The molecule has 0 bridgehead atoms. The zero-order valence-corrected chi connectivity index (χ0v) is 10.6. The Hall–Kier alpha value is -0.140. The van der Waals surface area contributed by atoms with Crippen LogP contribution >= 0.6 is 21.0 Å². The van der Waals surface area contributed by atoms with E-state index in [4.69, 9.17) is 3.56 Å². The van der Waals surface area contributed by atoms with Gasteiger partial charge in [-0.1, -0.05) is 0 Å². The number of esters is 1. The summed E-state index contributed by atoms with van der Waals surface area (Å²) < 4.78 is 37.3. The Balaban J connectivity index is 2.57. The van der Waals surface area contributed by atoms with Crippen molar-refractivity contribution in [3.63, 3.8) is 0 Å². The summed E-state index contributed by atoms with van der Waals surface area (Å²) in [6.45, 7) is 0. The third kappa shape index (κ3) is 3.42. The van der Waals surface area contributed by atoms with Crippen LogP contribution in [0.3, 0.4) is 0 Å². The molecule has 1 N–H and O–H groups in total. The van der Waals surface area contributed by atoms with Gasteiger partial charge in [-0.2, -0.15) is 0 Å². The van der Waals surface area contributed by atoms with Crippen molar-refractivity contribution in [3.05, 3.63) is 0 Å². The van der Waals surface area contributed by atoms with Crippen LogP contribution in [0.5, 0.6) is 0 Å². The summed E-state index contributed by atoms with van der Waals surface area (Å²) in [6, 6.07) is 0. The van der Waals surface area contributed by atoms with Gasteiger partial charge in [0.15, 0.2) is 0 Å². The van der Waals surface area contributed by atoms with Crippen molar-refractivity contribution in [1.29, 1.82) is 3.56 Å². The van der Waals surface area contributed by atoms with Gasteiger partial charge < -0.3 is 4.74 Å². The Morgan fingerprint density at radius 1 is 1.53 bits per heavy atom. The van der Waals surface area contributed by atoms with E-state index in [2.05, 4.69) is 4.74 Å². The van der Waals surface area contributed by atoms with Crippen molar-refractivity contribution < 1.29 is 18.3 Å². The lowest BCUT2D eigenvalue weighted by Crippen LogP contribution is -2.33. The summed E-state index contributed by atoms with van der Waals surface area (Å²) in [7, 11) is 1.28. The number of nitrogens with one attached hydrogen (secondary N) is 1. The molecule has 0 aliphatic heterocycles. The molecule has 1 rings (SSSR count). The first kappa shape index (κ1) is 12.9. The second-order valence-corrected chi connectivity index (χ2v) is 5.69. The van der Waals surface area contributed by atoms with Crippen LogP contribution in [0.2, 0.25) is 0 Å². The molecule has 0 spiro atoms. The van der Waals surface area contributed by atoms with Crippen LogP contribution in [0.25, 0.3) is 0 Å². The SMILES string of the molecule is COC(=O)C(I=N)C1CCC(F)(F)CC1. The minimum Gasteiger partial charge on any atom is -0.468 e. The van der Waals surface area contributed by atoms with Crippen LogP contribution in [0.15, 0.2) is 0 Å². The van der Waals surface area contributed by atoms with E-state index < -0.39 is 36.8 Å². The standard InChI is InChI=1S/C9H14F2INO2/c1-15-8(14)7(12-13)6-2-4-9(10,11)5-3-6/h6-7,13H,2-5H2,1H3. The molecular weight excluding hydrogens is 319 g/mol. The first-order valence-electron chi connectivity index (χ1n) is 4.75.